The first-order chi connectivity index (χ1) is 9.49. The number of likely N-dealkylation sites (tertiary alicyclic amines) is 1. The lowest BCUT2D eigenvalue weighted by molar-refractivity contribution is -0.124. The second-order valence-corrected chi connectivity index (χ2v) is 5.64. The van der Waals surface area contributed by atoms with Crippen LogP contribution in [-0.4, -0.2) is 46.0 Å². The summed E-state index contributed by atoms with van der Waals surface area (Å²) in [6, 6.07) is 0.180. The van der Waals surface area contributed by atoms with Crippen LogP contribution in [0.5, 0.6) is 0 Å². The van der Waals surface area contributed by atoms with Gasteiger partial charge in [-0.25, -0.2) is 0 Å². The van der Waals surface area contributed by atoms with E-state index in [1.165, 1.54) is 0 Å². The lowest BCUT2D eigenvalue weighted by atomic mass is 10.0. The number of piperidine rings is 1. The second kappa shape index (κ2) is 6.07. The quantitative estimate of drug-likeness (QED) is 0.869. The molecule has 2 heterocycles. The van der Waals surface area contributed by atoms with Crippen LogP contribution in [0.3, 0.4) is 0 Å². The molecule has 2 amide bonds. The fourth-order valence-corrected chi connectivity index (χ4v) is 2.33. The van der Waals surface area contributed by atoms with Crippen molar-refractivity contribution in [2.24, 2.45) is 5.92 Å². The third-order valence-electron chi connectivity index (χ3n) is 3.71. The maximum absolute atomic E-state index is 12.3. The zero-order valence-electron chi connectivity index (χ0n) is 12.3. The van der Waals surface area contributed by atoms with Crippen molar-refractivity contribution in [3.8, 4) is 0 Å². The number of aromatic amines is 1. The van der Waals surface area contributed by atoms with Gasteiger partial charge in [-0.1, -0.05) is 13.8 Å². The number of aryl methyl sites for hydroxylation is 1. The summed E-state index contributed by atoms with van der Waals surface area (Å²) in [4.78, 5) is 25.8. The van der Waals surface area contributed by atoms with E-state index in [4.69, 9.17) is 0 Å². The molecule has 2 N–H and O–H groups in total. The van der Waals surface area contributed by atoms with Crippen LogP contribution in [0.15, 0.2) is 6.20 Å². The van der Waals surface area contributed by atoms with Crippen LogP contribution in [0.4, 0.5) is 0 Å². The van der Waals surface area contributed by atoms with Gasteiger partial charge in [-0.15, -0.1) is 0 Å². The van der Waals surface area contributed by atoms with E-state index in [-0.39, 0.29) is 23.8 Å². The maximum Gasteiger partial charge on any atom is 0.257 e. The van der Waals surface area contributed by atoms with Gasteiger partial charge in [0.2, 0.25) is 5.91 Å². The SMILES string of the molecule is Cc1[nH]ncc1C(=O)N1CCC(NC(=O)C(C)C)CC1. The number of aromatic nitrogens is 2. The van der Waals surface area contributed by atoms with Crippen LogP contribution in [0, 0.1) is 12.8 Å². The van der Waals surface area contributed by atoms with Gasteiger partial charge in [0.1, 0.15) is 0 Å². The van der Waals surface area contributed by atoms with Crippen molar-refractivity contribution in [2.75, 3.05) is 13.1 Å². The Balaban J connectivity index is 1.87. The van der Waals surface area contributed by atoms with Crippen LogP contribution in [0.25, 0.3) is 0 Å². The van der Waals surface area contributed by atoms with E-state index >= 15 is 0 Å². The lowest BCUT2D eigenvalue weighted by Gasteiger charge is -2.32. The number of hydrogen-bond donors (Lipinski definition) is 2. The van der Waals surface area contributed by atoms with Gasteiger partial charge in [0, 0.05) is 30.7 Å². The highest BCUT2D eigenvalue weighted by Crippen LogP contribution is 2.15. The Morgan fingerprint density at radius 2 is 2.05 bits per heavy atom. The largest absolute Gasteiger partial charge is 0.353 e. The molecular formula is C14H22N4O2. The molecule has 1 aromatic rings. The molecule has 0 atom stereocenters. The normalized spacial score (nSPS) is 16.5. The molecule has 20 heavy (non-hydrogen) atoms. The number of carbonyl (C=O) groups is 2. The van der Waals surface area contributed by atoms with Gasteiger partial charge < -0.3 is 10.2 Å². The van der Waals surface area contributed by atoms with Crippen molar-refractivity contribution in [1.82, 2.24) is 20.4 Å². The van der Waals surface area contributed by atoms with E-state index in [9.17, 15) is 9.59 Å². The first-order valence-electron chi connectivity index (χ1n) is 7.08. The number of H-pyrrole nitrogens is 1. The third kappa shape index (κ3) is 3.18. The van der Waals surface area contributed by atoms with E-state index in [2.05, 4.69) is 15.5 Å². The lowest BCUT2D eigenvalue weighted by Crippen LogP contribution is -2.47. The Bertz CT molecular complexity index is 487. The maximum atomic E-state index is 12.3. The van der Waals surface area contributed by atoms with Gasteiger partial charge >= 0.3 is 0 Å². The van der Waals surface area contributed by atoms with Gasteiger partial charge in [-0.05, 0) is 19.8 Å². The zero-order chi connectivity index (χ0) is 14.7. The molecule has 0 bridgehead atoms. The molecule has 0 aromatic carbocycles. The summed E-state index contributed by atoms with van der Waals surface area (Å²) >= 11 is 0. The van der Waals surface area contributed by atoms with Crippen molar-refractivity contribution >= 4 is 11.8 Å². The van der Waals surface area contributed by atoms with Gasteiger partial charge in [0.05, 0.1) is 11.8 Å². The molecule has 1 saturated heterocycles. The highest BCUT2D eigenvalue weighted by molar-refractivity contribution is 5.95. The molecule has 1 aliphatic rings. The minimum atomic E-state index is 0.00300. The summed E-state index contributed by atoms with van der Waals surface area (Å²) in [6.45, 7) is 6.96. The van der Waals surface area contributed by atoms with E-state index < -0.39 is 0 Å². The highest BCUT2D eigenvalue weighted by Gasteiger charge is 2.26. The summed E-state index contributed by atoms with van der Waals surface area (Å²) in [7, 11) is 0. The Kier molecular flexibility index (Phi) is 4.42. The van der Waals surface area contributed by atoms with Crippen molar-refractivity contribution in [2.45, 2.75) is 39.7 Å². The van der Waals surface area contributed by atoms with Gasteiger partial charge in [0.15, 0.2) is 0 Å². The number of rotatable bonds is 3. The average Bonchev–Trinajstić information content (AvgIpc) is 2.85. The van der Waals surface area contributed by atoms with Crippen molar-refractivity contribution in [3.05, 3.63) is 17.5 Å². The minimum Gasteiger partial charge on any atom is -0.353 e. The van der Waals surface area contributed by atoms with Crippen molar-refractivity contribution in [3.63, 3.8) is 0 Å². The molecule has 0 spiro atoms. The Morgan fingerprint density at radius 1 is 1.40 bits per heavy atom. The number of amides is 2. The van der Waals surface area contributed by atoms with Crippen molar-refractivity contribution in [1.29, 1.82) is 0 Å². The molecule has 6 heteroatoms. The number of nitrogens with one attached hydrogen (secondary N) is 2. The molecule has 1 aliphatic heterocycles. The molecule has 0 radical (unpaired) electrons. The van der Waals surface area contributed by atoms with Crippen LogP contribution in [-0.2, 0) is 4.79 Å². The molecular weight excluding hydrogens is 256 g/mol. The van der Waals surface area contributed by atoms with E-state index in [1.807, 2.05) is 25.7 Å². The third-order valence-corrected chi connectivity index (χ3v) is 3.71. The predicted molar refractivity (Wildman–Crippen MR) is 75.2 cm³/mol. The van der Waals surface area contributed by atoms with Crippen LogP contribution >= 0.6 is 0 Å². The first-order valence-corrected chi connectivity index (χ1v) is 7.08. The van der Waals surface area contributed by atoms with Crippen molar-refractivity contribution < 1.29 is 9.59 Å². The average molecular weight is 278 g/mol. The second-order valence-electron chi connectivity index (χ2n) is 5.64. The summed E-state index contributed by atoms with van der Waals surface area (Å²) in [5.41, 5.74) is 1.43. The number of nitrogens with zero attached hydrogens (tertiary/aromatic N) is 2. The molecule has 0 aliphatic carbocycles. The Labute approximate surface area is 118 Å². The van der Waals surface area contributed by atoms with Crippen LogP contribution < -0.4 is 5.32 Å². The summed E-state index contributed by atoms with van der Waals surface area (Å²) < 4.78 is 0. The summed E-state index contributed by atoms with van der Waals surface area (Å²) in [6.07, 6.45) is 3.19. The molecule has 0 saturated carbocycles. The fraction of sp³-hybridized carbons (Fsp3) is 0.643. The Hall–Kier alpha value is -1.85. The molecule has 1 aromatic heterocycles. The topological polar surface area (TPSA) is 78.1 Å². The summed E-state index contributed by atoms with van der Waals surface area (Å²) in [5.74, 6) is 0.105. The monoisotopic (exact) mass is 278 g/mol. The van der Waals surface area contributed by atoms with E-state index in [1.54, 1.807) is 6.20 Å². The molecule has 2 rings (SSSR count). The smallest absolute Gasteiger partial charge is 0.257 e. The van der Waals surface area contributed by atoms with Gasteiger partial charge in [-0.3, -0.25) is 14.7 Å². The predicted octanol–water partition coefficient (Wildman–Crippen LogP) is 1.09. The van der Waals surface area contributed by atoms with Gasteiger partial charge in [-0.2, -0.15) is 5.10 Å². The molecule has 0 unspecified atom stereocenters. The van der Waals surface area contributed by atoms with E-state index in [0.29, 0.717) is 18.7 Å². The van der Waals surface area contributed by atoms with Crippen LogP contribution in [0.2, 0.25) is 0 Å². The Morgan fingerprint density at radius 3 is 2.55 bits per heavy atom. The van der Waals surface area contributed by atoms with Crippen LogP contribution in [0.1, 0.15) is 42.7 Å². The standard InChI is InChI=1S/C14H22N4O2/c1-9(2)13(19)16-11-4-6-18(7-5-11)14(20)12-8-15-17-10(12)3/h8-9,11H,4-7H2,1-3H3,(H,15,17)(H,16,19). The molecule has 6 nitrogen and oxygen atoms in total. The summed E-state index contributed by atoms with van der Waals surface area (Å²) in [5, 5.41) is 9.69. The number of hydrogen-bond acceptors (Lipinski definition) is 3. The zero-order valence-corrected chi connectivity index (χ0v) is 12.3. The molecule has 110 valence electrons. The minimum absolute atomic E-state index is 0.00300. The molecule has 1 fully saturated rings. The highest BCUT2D eigenvalue weighted by atomic mass is 16.2. The fourth-order valence-electron chi connectivity index (χ4n) is 2.33. The number of carbonyl (C=O) groups excluding carboxylic acids is 2. The van der Waals surface area contributed by atoms with E-state index in [0.717, 1.165) is 18.5 Å². The first kappa shape index (κ1) is 14.6. The van der Waals surface area contributed by atoms with Gasteiger partial charge in [0.25, 0.3) is 5.91 Å².